The highest BCUT2D eigenvalue weighted by Crippen LogP contribution is 2.30. The molecule has 1 amide bonds. The molecule has 1 aliphatic carbocycles. The molecular weight excluding hydrogens is 373 g/mol. The maximum atomic E-state index is 12.7. The molecule has 0 radical (unpaired) electrons. The number of pyridine rings is 1. The van der Waals surface area contributed by atoms with Crippen molar-refractivity contribution < 1.29 is 18.0 Å². The van der Waals surface area contributed by atoms with Gasteiger partial charge in [-0.2, -0.15) is 13.2 Å². The first-order valence-corrected chi connectivity index (χ1v) is 8.96. The van der Waals surface area contributed by atoms with E-state index in [1.807, 2.05) is 0 Å². The van der Waals surface area contributed by atoms with Gasteiger partial charge in [0.15, 0.2) is 0 Å². The minimum absolute atomic E-state index is 0.0965. The Balaban J connectivity index is 1.77. The molecule has 150 valence electrons. The Morgan fingerprint density at radius 2 is 1.71 bits per heavy atom. The zero-order chi connectivity index (χ0) is 20.3. The minimum atomic E-state index is -4.46. The van der Waals surface area contributed by atoms with Gasteiger partial charge < -0.3 is 21.4 Å². The summed E-state index contributed by atoms with van der Waals surface area (Å²) in [4.78, 5) is 27.3. The molecule has 0 spiro atoms. The van der Waals surface area contributed by atoms with Gasteiger partial charge in [0.25, 0.3) is 11.5 Å². The number of benzene rings is 1. The van der Waals surface area contributed by atoms with E-state index in [1.54, 1.807) is 6.07 Å². The molecule has 9 heteroatoms. The number of anilines is 2. The van der Waals surface area contributed by atoms with Crippen LogP contribution in [0.5, 0.6) is 0 Å². The van der Waals surface area contributed by atoms with Gasteiger partial charge >= 0.3 is 6.18 Å². The summed E-state index contributed by atoms with van der Waals surface area (Å²) in [6, 6.07) is 5.89. The van der Waals surface area contributed by atoms with Crippen LogP contribution < -0.4 is 21.9 Å². The summed E-state index contributed by atoms with van der Waals surface area (Å²) < 4.78 is 38.0. The van der Waals surface area contributed by atoms with Gasteiger partial charge in [-0.1, -0.05) is 0 Å². The van der Waals surface area contributed by atoms with Crippen molar-refractivity contribution in [2.24, 2.45) is 5.73 Å². The van der Waals surface area contributed by atoms with Gasteiger partial charge in [-0.15, -0.1) is 0 Å². The van der Waals surface area contributed by atoms with Crippen LogP contribution in [0.2, 0.25) is 0 Å². The molecule has 1 fully saturated rings. The molecule has 0 unspecified atom stereocenters. The van der Waals surface area contributed by atoms with E-state index in [1.165, 1.54) is 6.20 Å². The maximum Gasteiger partial charge on any atom is 0.416 e. The standard InChI is InChI=1S/C19H21F3N4O2/c20-19(21,22)11-1-5-14(6-2-11)26-18(28)16-15(9-10-24-17(16)27)25-13-7-3-12(23)4-8-13/h1-2,5-6,9-10,12-13H,3-4,7-8,23H2,(H,26,28)(H2,24,25,27). The number of hydrogen-bond acceptors (Lipinski definition) is 4. The monoisotopic (exact) mass is 394 g/mol. The number of carbonyl (C=O) groups is 1. The molecule has 2 aromatic rings. The normalized spacial score (nSPS) is 19.9. The van der Waals surface area contributed by atoms with E-state index in [9.17, 15) is 22.8 Å². The first-order valence-electron chi connectivity index (χ1n) is 8.96. The van der Waals surface area contributed by atoms with Crippen molar-refractivity contribution in [1.29, 1.82) is 0 Å². The predicted octanol–water partition coefficient (Wildman–Crippen LogP) is 3.33. The lowest BCUT2D eigenvalue weighted by molar-refractivity contribution is -0.137. The summed E-state index contributed by atoms with van der Waals surface area (Å²) in [5, 5.41) is 5.70. The molecule has 3 rings (SSSR count). The molecule has 0 atom stereocenters. The Kier molecular flexibility index (Phi) is 5.73. The third-order valence-corrected chi connectivity index (χ3v) is 4.79. The van der Waals surface area contributed by atoms with Crippen LogP contribution in [0.15, 0.2) is 41.3 Å². The Morgan fingerprint density at radius 3 is 2.32 bits per heavy atom. The van der Waals surface area contributed by atoms with E-state index < -0.39 is 23.2 Å². The van der Waals surface area contributed by atoms with Gasteiger partial charge in [0.2, 0.25) is 0 Å². The van der Waals surface area contributed by atoms with E-state index in [0.29, 0.717) is 5.69 Å². The van der Waals surface area contributed by atoms with Crippen LogP contribution in [0.25, 0.3) is 0 Å². The number of halogens is 3. The molecule has 0 saturated heterocycles. The summed E-state index contributed by atoms with van der Waals surface area (Å²) >= 11 is 0. The SMILES string of the molecule is NC1CCC(Nc2cc[nH]c(=O)c2C(=O)Nc2ccc(C(F)(F)F)cc2)CC1. The van der Waals surface area contributed by atoms with Crippen molar-refractivity contribution in [1.82, 2.24) is 4.98 Å². The minimum Gasteiger partial charge on any atom is -0.381 e. The number of nitrogens with one attached hydrogen (secondary N) is 3. The average Bonchev–Trinajstić information content (AvgIpc) is 2.63. The Morgan fingerprint density at radius 1 is 1.07 bits per heavy atom. The second-order valence-corrected chi connectivity index (χ2v) is 6.88. The number of hydrogen-bond donors (Lipinski definition) is 4. The number of alkyl halides is 3. The van der Waals surface area contributed by atoms with Crippen LogP contribution in [-0.4, -0.2) is 23.0 Å². The maximum absolute atomic E-state index is 12.7. The fourth-order valence-electron chi connectivity index (χ4n) is 3.24. The Hall–Kier alpha value is -2.81. The number of carbonyl (C=O) groups excluding carboxylic acids is 1. The second kappa shape index (κ2) is 8.05. The zero-order valence-electron chi connectivity index (χ0n) is 15.0. The van der Waals surface area contributed by atoms with E-state index in [-0.39, 0.29) is 23.3 Å². The molecule has 6 nitrogen and oxygen atoms in total. The summed E-state index contributed by atoms with van der Waals surface area (Å²) in [5.74, 6) is -0.698. The van der Waals surface area contributed by atoms with Crippen LogP contribution in [0.4, 0.5) is 24.5 Å². The molecular formula is C19H21F3N4O2. The van der Waals surface area contributed by atoms with E-state index in [2.05, 4.69) is 15.6 Å². The lowest BCUT2D eigenvalue weighted by Gasteiger charge is -2.28. The molecule has 1 aliphatic rings. The summed E-state index contributed by atoms with van der Waals surface area (Å²) in [6.07, 6.45) is 0.344. The number of nitrogens with two attached hydrogens (primary N) is 1. The largest absolute Gasteiger partial charge is 0.416 e. The molecule has 1 heterocycles. The molecule has 0 bridgehead atoms. The number of aromatic nitrogens is 1. The predicted molar refractivity (Wildman–Crippen MR) is 100 cm³/mol. The first-order chi connectivity index (χ1) is 13.2. The van der Waals surface area contributed by atoms with Crippen LogP contribution in [0.1, 0.15) is 41.6 Å². The topological polar surface area (TPSA) is 100 Å². The van der Waals surface area contributed by atoms with E-state index in [0.717, 1.165) is 49.9 Å². The van der Waals surface area contributed by atoms with E-state index >= 15 is 0 Å². The molecule has 28 heavy (non-hydrogen) atoms. The fourth-order valence-corrected chi connectivity index (χ4v) is 3.24. The molecule has 1 saturated carbocycles. The number of aromatic amines is 1. The smallest absolute Gasteiger partial charge is 0.381 e. The van der Waals surface area contributed by atoms with Crippen LogP contribution in [0, 0.1) is 0 Å². The Bertz CT molecular complexity index is 885. The lowest BCUT2D eigenvalue weighted by Crippen LogP contribution is -2.34. The van der Waals surface area contributed by atoms with Gasteiger partial charge in [-0.05, 0) is 56.0 Å². The van der Waals surface area contributed by atoms with Crippen LogP contribution in [0.3, 0.4) is 0 Å². The highest BCUT2D eigenvalue weighted by Gasteiger charge is 2.30. The van der Waals surface area contributed by atoms with Crippen molar-refractivity contribution in [3.05, 3.63) is 58.0 Å². The zero-order valence-corrected chi connectivity index (χ0v) is 15.0. The molecule has 1 aromatic carbocycles. The molecule has 5 N–H and O–H groups in total. The van der Waals surface area contributed by atoms with Gasteiger partial charge in [-0.3, -0.25) is 9.59 Å². The Labute approximate surface area is 159 Å². The highest BCUT2D eigenvalue weighted by atomic mass is 19.4. The van der Waals surface area contributed by atoms with Crippen LogP contribution >= 0.6 is 0 Å². The van der Waals surface area contributed by atoms with Crippen LogP contribution in [-0.2, 0) is 6.18 Å². The third-order valence-electron chi connectivity index (χ3n) is 4.79. The third kappa shape index (κ3) is 4.72. The van der Waals surface area contributed by atoms with Crippen molar-refractivity contribution in [2.45, 2.75) is 43.9 Å². The van der Waals surface area contributed by atoms with Crippen molar-refractivity contribution >= 4 is 17.3 Å². The second-order valence-electron chi connectivity index (χ2n) is 6.88. The lowest BCUT2D eigenvalue weighted by atomic mass is 9.91. The number of rotatable bonds is 4. The van der Waals surface area contributed by atoms with Gasteiger partial charge in [-0.25, -0.2) is 0 Å². The number of H-pyrrole nitrogens is 1. The summed E-state index contributed by atoms with van der Waals surface area (Å²) in [6.45, 7) is 0. The number of amides is 1. The van der Waals surface area contributed by atoms with Crippen molar-refractivity contribution in [2.75, 3.05) is 10.6 Å². The highest BCUT2D eigenvalue weighted by molar-refractivity contribution is 6.07. The van der Waals surface area contributed by atoms with Gasteiger partial charge in [0, 0.05) is 24.0 Å². The van der Waals surface area contributed by atoms with Gasteiger partial charge in [0.05, 0.1) is 11.3 Å². The average molecular weight is 394 g/mol. The van der Waals surface area contributed by atoms with Gasteiger partial charge in [0.1, 0.15) is 5.56 Å². The first kappa shape index (κ1) is 19.9. The van der Waals surface area contributed by atoms with Crippen molar-refractivity contribution in [3.63, 3.8) is 0 Å². The molecule has 1 aromatic heterocycles. The van der Waals surface area contributed by atoms with Crippen molar-refractivity contribution in [3.8, 4) is 0 Å². The fraction of sp³-hybridized carbons (Fsp3) is 0.368. The summed E-state index contributed by atoms with van der Waals surface area (Å²) in [7, 11) is 0. The molecule has 0 aliphatic heterocycles. The van der Waals surface area contributed by atoms with E-state index in [4.69, 9.17) is 5.73 Å². The quantitative estimate of drug-likeness (QED) is 0.639. The summed E-state index contributed by atoms with van der Waals surface area (Å²) in [5.41, 5.74) is 4.93.